The molecule has 0 spiro atoms. The second-order valence-corrected chi connectivity index (χ2v) is 6.24. The second kappa shape index (κ2) is 8.32. The van der Waals surface area contributed by atoms with Gasteiger partial charge in [-0.3, -0.25) is 0 Å². The maximum Gasteiger partial charge on any atom is 0.114 e. The predicted octanol–water partition coefficient (Wildman–Crippen LogP) is 2.53. The van der Waals surface area contributed by atoms with Crippen molar-refractivity contribution in [1.29, 1.82) is 0 Å². The molecule has 0 amide bonds. The highest BCUT2D eigenvalue weighted by Crippen LogP contribution is 2.29. The summed E-state index contributed by atoms with van der Waals surface area (Å²) in [6, 6.07) is 0. The van der Waals surface area contributed by atoms with Crippen molar-refractivity contribution in [2.45, 2.75) is 76.3 Å². The Morgan fingerprint density at radius 3 is 2.55 bits per heavy atom. The van der Waals surface area contributed by atoms with Gasteiger partial charge in [0.1, 0.15) is 18.3 Å². The summed E-state index contributed by atoms with van der Waals surface area (Å²) in [5.41, 5.74) is 0. The van der Waals surface area contributed by atoms with Crippen molar-refractivity contribution < 1.29 is 19.3 Å². The first-order chi connectivity index (χ1) is 9.76. The van der Waals surface area contributed by atoms with Crippen molar-refractivity contribution in [1.82, 2.24) is 0 Å². The normalized spacial score (nSPS) is 35.0. The molecule has 118 valence electrons. The zero-order chi connectivity index (χ0) is 14.4. The maximum absolute atomic E-state index is 9.27. The number of rotatable bonds is 8. The quantitative estimate of drug-likeness (QED) is 0.697. The van der Waals surface area contributed by atoms with Gasteiger partial charge in [0.05, 0.1) is 12.7 Å². The van der Waals surface area contributed by atoms with Gasteiger partial charge < -0.3 is 19.3 Å². The smallest absolute Gasteiger partial charge is 0.114 e. The number of aliphatic hydroxyl groups excluding tert-OH is 1. The van der Waals surface area contributed by atoms with Gasteiger partial charge in [0.2, 0.25) is 0 Å². The highest BCUT2D eigenvalue weighted by molar-refractivity contribution is 4.90. The summed E-state index contributed by atoms with van der Waals surface area (Å²) in [5, 5.41) is 9.27. The van der Waals surface area contributed by atoms with Gasteiger partial charge in [-0.05, 0) is 19.3 Å². The standard InChI is InChI=1S/C16H30O4/c1-12-15(16(18-2)14(11-17)20-12)19-10-6-5-9-13-7-3-4-8-13/h12-17H,3-11H2,1-2H3/t12-,14+,15?,16-/m0/s1. The molecular weight excluding hydrogens is 256 g/mol. The minimum Gasteiger partial charge on any atom is -0.394 e. The molecule has 0 aromatic carbocycles. The summed E-state index contributed by atoms with van der Waals surface area (Å²) >= 11 is 0. The van der Waals surface area contributed by atoms with E-state index < -0.39 is 0 Å². The van der Waals surface area contributed by atoms with Gasteiger partial charge in [-0.25, -0.2) is 0 Å². The fraction of sp³-hybridized carbons (Fsp3) is 1.00. The molecule has 0 aromatic rings. The van der Waals surface area contributed by atoms with Crippen molar-refractivity contribution in [3.05, 3.63) is 0 Å². The lowest BCUT2D eigenvalue weighted by Gasteiger charge is -2.22. The molecule has 1 aliphatic heterocycles. The van der Waals surface area contributed by atoms with Crippen LogP contribution in [0.1, 0.15) is 51.9 Å². The summed E-state index contributed by atoms with van der Waals surface area (Å²) in [4.78, 5) is 0. The van der Waals surface area contributed by atoms with Crippen LogP contribution in [-0.4, -0.2) is 49.8 Å². The monoisotopic (exact) mass is 286 g/mol. The lowest BCUT2D eigenvalue weighted by molar-refractivity contribution is -0.0533. The van der Waals surface area contributed by atoms with Crippen molar-refractivity contribution in [3.8, 4) is 0 Å². The molecule has 1 saturated carbocycles. The molecule has 2 fully saturated rings. The predicted molar refractivity (Wildman–Crippen MR) is 77.8 cm³/mol. The number of methoxy groups -OCH3 is 1. The van der Waals surface area contributed by atoms with E-state index in [1.54, 1.807) is 7.11 Å². The van der Waals surface area contributed by atoms with Crippen LogP contribution < -0.4 is 0 Å². The van der Waals surface area contributed by atoms with Gasteiger partial charge >= 0.3 is 0 Å². The molecule has 4 nitrogen and oxygen atoms in total. The van der Waals surface area contributed by atoms with Crippen LogP contribution >= 0.6 is 0 Å². The Hall–Kier alpha value is -0.160. The van der Waals surface area contributed by atoms with Crippen LogP contribution in [0.5, 0.6) is 0 Å². The fourth-order valence-corrected chi connectivity index (χ4v) is 3.63. The van der Waals surface area contributed by atoms with Crippen molar-refractivity contribution in [2.24, 2.45) is 5.92 Å². The molecule has 1 unspecified atom stereocenters. The minimum atomic E-state index is -0.251. The topological polar surface area (TPSA) is 47.9 Å². The molecule has 1 aliphatic carbocycles. The Labute approximate surface area is 122 Å². The van der Waals surface area contributed by atoms with E-state index in [9.17, 15) is 5.11 Å². The Morgan fingerprint density at radius 1 is 1.15 bits per heavy atom. The van der Waals surface area contributed by atoms with Gasteiger partial charge in [0.25, 0.3) is 0 Å². The summed E-state index contributed by atoms with van der Waals surface area (Å²) in [6.07, 6.45) is 8.97. The molecule has 2 aliphatic rings. The van der Waals surface area contributed by atoms with E-state index in [4.69, 9.17) is 14.2 Å². The van der Waals surface area contributed by atoms with Gasteiger partial charge in [-0.1, -0.05) is 38.5 Å². The number of aliphatic hydroxyl groups is 1. The largest absolute Gasteiger partial charge is 0.394 e. The van der Waals surface area contributed by atoms with Gasteiger partial charge in [0.15, 0.2) is 0 Å². The molecule has 1 N–H and O–H groups in total. The highest BCUT2D eigenvalue weighted by atomic mass is 16.6. The molecule has 1 saturated heterocycles. The molecule has 0 radical (unpaired) electrons. The average molecular weight is 286 g/mol. The molecule has 4 atom stereocenters. The number of ether oxygens (including phenoxy) is 3. The van der Waals surface area contributed by atoms with E-state index in [1.165, 1.54) is 38.5 Å². The first-order valence-electron chi connectivity index (χ1n) is 8.17. The van der Waals surface area contributed by atoms with Gasteiger partial charge in [-0.2, -0.15) is 0 Å². The fourth-order valence-electron chi connectivity index (χ4n) is 3.63. The number of unbranched alkanes of at least 4 members (excludes halogenated alkanes) is 1. The molecule has 2 rings (SSSR count). The van der Waals surface area contributed by atoms with E-state index in [1.807, 2.05) is 6.92 Å². The van der Waals surface area contributed by atoms with Crippen LogP contribution in [0.2, 0.25) is 0 Å². The highest BCUT2D eigenvalue weighted by Gasteiger charge is 2.43. The van der Waals surface area contributed by atoms with E-state index >= 15 is 0 Å². The first kappa shape index (κ1) is 16.2. The SMILES string of the molecule is CO[C@@H]1C(OCCCCC2CCCC2)[C@H](C)O[C@@H]1CO. The van der Waals surface area contributed by atoms with Crippen LogP contribution in [-0.2, 0) is 14.2 Å². The second-order valence-electron chi connectivity index (χ2n) is 6.24. The molecular formula is C16H30O4. The lowest BCUT2D eigenvalue weighted by Crippen LogP contribution is -2.37. The molecule has 20 heavy (non-hydrogen) atoms. The van der Waals surface area contributed by atoms with Crippen molar-refractivity contribution >= 4 is 0 Å². The molecule has 4 heteroatoms. The van der Waals surface area contributed by atoms with Crippen molar-refractivity contribution in [2.75, 3.05) is 20.3 Å². The zero-order valence-electron chi connectivity index (χ0n) is 12.9. The van der Waals surface area contributed by atoms with E-state index in [2.05, 4.69) is 0 Å². The third kappa shape index (κ3) is 4.17. The van der Waals surface area contributed by atoms with Crippen molar-refractivity contribution in [3.63, 3.8) is 0 Å². The summed E-state index contributed by atoms with van der Waals surface area (Å²) in [7, 11) is 1.66. The zero-order valence-corrected chi connectivity index (χ0v) is 12.9. The third-order valence-electron chi connectivity index (χ3n) is 4.79. The maximum atomic E-state index is 9.27. The van der Waals surface area contributed by atoms with Crippen LogP contribution in [0.3, 0.4) is 0 Å². The average Bonchev–Trinajstić information content (AvgIpc) is 3.06. The van der Waals surface area contributed by atoms with Crippen LogP contribution in [0, 0.1) is 5.92 Å². The number of hydrogen-bond acceptors (Lipinski definition) is 4. The van der Waals surface area contributed by atoms with Crippen LogP contribution in [0.15, 0.2) is 0 Å². The Kier molecular flexibility index (Phi) is 6.75. The Balaban J connectivity index is 1.62. The van der Waals surface area contributed by atoms with Gasteiger partial charge in [0, 0.05) is 13.7 Å². The first-order valence-corrected chi connectivity index (χ1v) is 8.17. The minimum absolute atomic E-state index is 0.00747. The Morgan fingerprint density at radius 2 is 1.90 bits per heavy atom. The molecule has 0 aromatic heterocycles. The number of hydrogen-bond donors (Lipinski definition) is 1. The summed E-state index contributed by atoms with van der Waals surface area (Å²) < 4.78 is 17.0. The van der Waals surface area contributed by atoms with E-state index in [0.29, 0.717) is 0 Å². The third-order valence-corrected chi connectivity index (χ3v) is 4.79. The van der Waals surface area contributed by atoms with E-state index in [0.717, 1.165) is 18.9 Å². The van der Waals surface area contributed by atoms with E-state index in [-0.39, 0.29) is 31.0 Å². The molecule has 0 bridgehead atoms. The summed E-state index contributed by atoms with van der Waals surface area (Å²) in [5.74, 6) is 0.967. The van der Waals surface area contributed by atoms with Crippen LogP contribution in [0.25, 0.3) is 0 Å². The van der Waals surface area contributed by atoms with Gasteiger partial charge in [-0.15, -0.1) is 0 Å². The van der Waals surface area contributed by atoms with Crippen LogP contribution in [0.4, 0.5) is 0 Å². The Bertz CT molecular complexity index is 265. The summed E-state index contributed by atoms with van der Waals surface area (Å²) in [6.45, 7) is 2.75. The molecule has 1 heterocycles. The lowest BCUT2D eigenvalue weighted by atomic mass is 10.0.